The van der Waals surface area contributed by atoms with E-state index in [1.807, 2.05) is 24.3 Å². The Balaban J connectivity index is 2.10. The normalized spacial score (nSPS) is 14.1. The smallest absolute Gasteiger partial charge is 0.345 e. The predicted octanol–water partition coefficient (Wildman–Crippen LogP) is 4.96. The van der Waals surface area contributed by atoms with Crippen molar-refractivity contribution in [1.29, 1.82) is 0 Å². The van der Waals surface area contributed by atoms with Crippen molar-refractivity contribution in [3.63, 3.8) is 0 Å². The van der Waals surface area contributed by atoms with E-state index in [0.29, 0.717) is 10.7 Å². The summed E-state index contributed by atoms with van der Waals surface area (Å²) < 4.78 is 38.3. The number of benzene rings is 2. The molecule has 0 unspecified atom stereocenters. The molecule has 1 aliphatic rings. The second kappa shape index (κ2) is 4.79. The molecule has 0 saturated carbocycles. The van der Waals surface area contributed by atoms with Gasteiger partial charge in [-0.15, -0.1) is 0 Å². The average Bonchev–Trinajstić information content (AvgIpc) is 2.53. The molecule has 0 aliphatic carbocycles. The molecule has 3 rings (SSSR count). The fraction of sp³-hybridized carbons (Fsp3) is 0.0714. The predicted molar refractivity (Wildman–Crippen MR) is 77.3 cm³/mol. The molecule has 0 atom stereocenters. The first-order valence-corrected chi connectivity index (χ1v) is 6.97. The van der Waals surface area contributed by atoms with E-state index < -0.39 is 11.7 Å². The molecule has 102 valence electrons. The van der Waals surface area contributed by atoms with Crippen LogP contribution in [-0.4, -0.2) is 4.99 Å². The number of hydrogen-bond acceptors (Lipinski definition) is 2. The van der Waals surface area contributed by atoms with Gasteiger partial charge in [-0.05, 0) is 24.3 Å². The highest BCUT2D eigenvalue weighted by Crippen LogP contribution is 2.41. The molecule has 1 aliphatic heterocycles. The minimum Gasteiger partial charge on any atom is -0.345 e. The Hall–Kier alpha value is -1.53. The zero-order chi connectivity index (χ0) is 14.3. The number of thiocarbonyl (C=S) groups is 1. The number of fused-ring (bicyclic) bond motifs is 2. The van der Waals surface area contributed by atoms with Gasteiger partial charge in [0.15, 0.2) is 0 Å². The van der Waals surface area contributed by atoms with E-state index in [2.05, 4.69) is 5.32 Å². The number of anilines is 1. The third-order valence-electron chi connectivity index (χ3n) is 2.91. The van der Waals surface area contributed by atoms with Crippen LogP contribution in [-0.2, 0) is 6.18 Å². The lowest BCUT2D eigenvalue weighted by molar-refractivity contribution is -0.137. The summed E-state index contributed by atoms with van der Waals surface area (Å²) in [7, 11) is 0. The van der Waals surface area contributed by atoms with Crippen LogP contribution >= 0.6 is 24.0 Å². The summed E-state index contributed by atoms with van der Waals surface area (Å²) in [5, 5.41) is 2.90. The highest BCUT2D eigenvalue weighted by Gasteiger charge is 2.31. The van der Waals surface area contributed by atoms with Crippen molar-refractivity contribution in [2.24, 2.45) is 0 Å². The Morgan fingerprint density at radius 2 is 1.75 bits per heavy atom. The topological polar surface area (TPSA) is 12.0 Å². The van der Waals surface area contributed by atoms with Crippen molar-refractivity contribution in [1.82, 2.24) is 0 Å². The Kier molecular flexibility index (Phi) is 3.22. The summed E-state index contributed by atoms with van der Waals surface area (Å²) >= 11 is 6.66. The van der Waals surface area contributed by atoms with Crippen molar-refractivity contribution >= 4 is 34.7 Å². The molecule has 0 saturated heterocycles. The fourth-order valence-corrected chi connectivity index (χ4v) is 3.32. The lowest BCUT2D eigenvalue weighted by Crippen LogP contribution is -2.11. The van der Waals surface area contributed by atoms with Gasteiger partial charge in [-0.1, -0.05) is 42.2 Å². The van der Waals surface area contributed by atoms with Crippen LogP contribution in [0.3, 0.4) is 0 Å². The van der Waals surface area contributed by atoms with Gasteiger partial charge in [0.1, 0.15) is 4.99 Å². The summed E-state index contributed by atoms with van der Waals surface area (Å²) in [6.45, 7) is 0. The molecule has 1 nitrogen and oxygen atoms in total. The Labute approximate surface area is 123 Å². The van der Waals surface area contributed by atoms with Crippen LogP contribution in [0.5, 0.6) is 0 Å². The van der Waals surface area contributed by atoms with E-state index in [0.717, 1.165) is 27.5 Å². The Morgan fingerprint density at radius 3 is 2.50 bits per heavy atom. The van der Waals surface area contributed by atoms with Crippen LogP contribution in [0.25, 0.3) is 0 Å². The number of hydrogen-bond donors (Lipinski definition) is 1. The summed E-state index contributed by atoms with van der Waals surface area (Å²) in [4.78, 5) is 2.10. The van der Waals surface area contributed by atoms with Crippen LogP contribution in [0.1, 0.15) is 11.1 Å². The lowest BCUT2D eigenvalue weighted by atomic mass is 10.2. The SMILES string of the molecule is FC(F)(F)c1ccc2c(c1)NC(=S)c1ccccc1S2. The minimum absolute atomic E-state index is 0.394. The number of rotatable bonds is 0. The first-order valence-electron chi connectivity index (χ1n) is 5.74. The van der Waals surface area contributed by atoms with Gasteiger partial charge in [-0.25, -0.2) is 0 Å². The monoisotopic (exact) mass is 311 g/mol. The van der Waals surface area contributed by atoms with Gasteiger partial charge in [-0.3, -0.25) is 0 Å². The highest BCUT2D eigenvalue weighted by molar-refractivity contribution is 7.99. The molecular weight excluding hydrogens is 303 g/mol. The lowest BCUT2D eigenvalue weighted by Gasteiger charge is -2.11. The van der Waals surface area contributed by atoms with E-state index in [1.165, 1.54) is 17.8 Å². The highest BCUT2D eigenvalue weighted by atomic mass is 32.2. The van der Waals surface area contributed by atoms with Gasteiger partial charge >= 0.3 is 6.18 Å². The summed E-state index contributed by atoms with van der Waals surface area (Å²) in [5.74, 6) is 0. The molecule has 20 heavy (non-hydrogen) atoms. The molecule has 0 aromatic heterocycles. The Bertz CT molecular complexity index is 695. The third-order valence-corrected chi connectivity index (χ3v) is 4.38. The molecule has 0 bridgehead atoms. The molecule has 1 heterocycles. The van der Waals surface area contributed by atoms with E-state index in [1.54, 1.807) is 0 Å². The standard InChI is InChI=1S/C14H8F3NS2/c15-14(16,17)8-5-6-12-10(7-8)18-13(19)9-3-1-2-4-11(9)20-12/h1-7H,(H,18,19). The second-order valence-corrected chi connectivity index (χ2v) is 5.75. The van der Waals surface area contributed by atoms with Crippen LogP contribution in [0, 0.1) is 0 Å². The van der Waals surface area contributed by atoms with Crippen molar-refractivity contribution in [3.8, 4) is 0 Å². The average molecular weight is 311 g/mol. The molecule has 6 heteroatoms. The van der Waals surface area contributed by atoms with Crippen molar-refractivity contribution in [2.75, 3.05) is 5.32 Å². The van der Waals surface area contributed by atoms with E-state index in [4.69, 9.17) is 12.2 Å². The maximum absolute atomic E-state index is 12.8. The zero-order valence-electron chi connectivity index (χ0n) is 9.99. The van der Waals surface area contributed by atoms with Crippen LogP contribution < -0.4 is 5.32 Å². The molecule has 1 N–H and O–H groups in total. The first kappa shape index (κ1) is 13.5. The number of alkyl halides is 3. The summed E-state index contributed by atoms with van der Waals surface area (Å²) in [5.41, 5.74) is 0.543. The largest absolute Gasteiger partial charge is 0.416 e. The maximum atomic E-state index is 12.8. The molecule has 2 aromatic carbocycles. The maximum Gasteiger partial charge on any atom is 0.416 e. The quantitative estimate of drug-likeness (QED) is 0.691. The molecule has 0 spiro atoms. The fourth-order valence-electron chi connectivity index (χ4n) is 1.94. The number of halogens is 3. The Morgan fingerprint density at radius 1 is 1.00 bits per heavy atom. The minimum atomic E-state index is -4.36. The second-order valence-electron chi connectivity index (χ2n) is 4.26. The zero-order valence-corrected chi connectivity index (χ0v) is 11.6. The van der Waals surface area contributed by atoms with Gasteiger partial charge < -0.3 is 5.32 Å². The van der Waals surface area contributed by atoms with Crippen LogP contribution in [0.4, 0.5) is 18.9 Å². The van der Waals surface area contributed by atoms with Crippen molar-refractivity contribution in [3.05, 3.63) is 53.6 Å². The van der Waals surface area contributed by atoms with Crippen LogP contribution in [0.15, 0.2) is 52.3 Å². The molecule has 0 amide bonds. The van der Waals surface area contributed by atoms with Crippen molar-refractivity contribution in [2.45, 2.75) is 16.0 Å². The summed E-state index contributed by atoms with van der Waals surface area (Å²) in [6.07, 6.45) is -4.36. The molecule has 0 fully saturated rings. The third kappa shape index (κ3) is 2.41. The number of nitrogens with one attached hydrogen (secondary N) is 1. The van der Waals surface area contributed by atoms with Crippen molar-refractivity contribution < 1.29 is 13.2 Å². The van der Waals surface area contributed by atoms with E-state index >= 15 is 0 Å². The van der Waals surface area contributed by atoms with E-state index in [-0.39, 0.29) is 0 Å². The molecule has 2 aromatic rings. The molecule has 0 radical (unpaired) electrons. The molecular formula is C14H8F3NS2. The van der Waals surface area contributed by atoms with E-state index in [9.17, 15) is 13.2 Å². The van der Waals surface area contributed by atoms with Gasteiger partial charge in [0.05, 0.1) is 11.3 Å². The first-order chi connectivity index (χ1) is 9.45. The van der Waals surface area contributed by atoms with Gasteiger partial charge in [0, 0.05) is 15.4 Å². The summed E-state index contributed by atoms with van der Waals surface area (Å²) in [6, 6.07) is 11.1. The van der Waals surface area contributed by atoms with Crippen LogP contribution in [0.2, 0.25) is 0 Å². The van der Waals surface area contributed by atoms with Gasteiger partial charge in [0.2, 0.25) is 0 Å². The van der Waals surface area contributed by atoms with Gasteiger partial charge in [-0.2, -0.15) is 13.2 Å². The van der Waals surface area contributed by atoms with Gasteiger partial charge in [0.25, 0.3) is 0 Å².